The number of methoxy groups -OCH3 is 2. The normalized spacial score (nSPS) is 22.9. The van der Waals surface area contributed by atoms with Crippen LogP contribution in [0.2, 0.25) is 0 Å². The number of nitrogens with zero attached hydrogens (tertiary/aromatic N) is 4. The molecule has 0 radical (unpaired) electrons. The summed E-state index contributed by atoms with van der Waals surface area (Å²) in [4.78, 5) is 19.9. The number of carbonyl (C=O) groups excluding carboxylic acids is 1. The number of carbonyl (C=O) groups is 1. The van der Waals surface area contributed by atoms with E-state index in [9.17, 15) is 13.2 Å². The number of amides is 1. The summed E-state index contributed by atoms with van der Waals surface area (Å²) in [6, 6.07) is 9.68. The van der Waals surface area contributed by atoms with Gasteiger partial charge in [0.15, 0.2) is 16.5 Å². The largest absolute Gasteiger partial charge is 0.495 e. The fraction of sp³-hybridized carbons (Fsp3) is 0.484. The minimum Gasteiger partial charge on any atom is -0.495 e. The SMILES string of the molecule is COc1cc(C(=O)N2CCN3CC[C@H]2C3)cc(OC)c1S(=O)(=O)Nc1noc2c1CC1(CC1)c1ccc(N3CCC3)cc1-2. The number of ether oxygens (including phenoxy) is 2. The summed E-state index contributed by atoms with van der Waals surface area (Å²) in [7, 11) is -1.47. The first-order valence-electron chi connectivity index (χ1n) is 15.0. The minimum atomic E-state index is -4.25. The van der Waals surface area contributed by atoms with Crippen LogP contribution in [0.3, 0.4) is 0 Å². The maximum Gasteiger partial charge on any atom is 0.270 e. The van der Waals surface area contributed by atoms with Crippen molar-refractivity contribution in [2.24, 2.45) is 0 Å². The molecule has 1 aromatic heterocycles. The molecule has 12 heteroatoms. The average Bonchev–Trinajstić information content (AvgIpc) is 3.50. The lowest BCUT2D eigenvalue weighted by molar-refractivity contribution is 0.0608. The first-order valence-corrected chi connectivity index (χ1v) is 16.5. The number of anilines is 2. The van der Waals surface area contributed by atoms with E-state index < -0.39 is 10.0 Å². The van der Waals surface area contributed by atoms with Gasteiger partial charge in [-0.05, 0) is 61.9 Å². The van der Waals surface area contributed by atoms with E-state index in [0.717, 1.165) is 68.8 Å². The van der Waals surface area contributed by atoms with Gasteiger partial charge in [-0.3, -0.25) is 14.4 Å². The second-order valence-corrected chi connectivity index (χ2v) is 14.0. The van der Waals surface area contributed by atoms with Gasteiger partial charge in [-0.25, -0.2) is 8.42 Å². The molecule has 1 amide bonds. The Hall–Kier alpha value is -3.77. The predicted molar refractivity (Wildman–Crippen MR) is 160 cm³/mol. The van der Waals surface area contributed by atoms with Crippen LogP contribution in [0.1, 0.15) is 47.2 Å². The maximum atomic E-state index is 14.0. The molecule has 2 atom stereocenters. The number of hydrogen-bond donors (Lipinski definition) is 1. The van der Waals surface area contributed by atoms with Gasteiger partial charge in [-0.15, -0.1) is 0 Å². The highest BCUT2D eigenvalue weighted by molar-refractivity contribution is 7.93. The van der Waals surface area contributed by atoms with Gasteiger partial charge in [0, 0.05) is 73.1 Å². The number of rotatable bonds is 7. The summed E-state index contributed by atoms with van der Waals surface area (Å²) in [6.45, 7) is 5.39. The third-order valence-electron chi connectivity index (χ3n) is 10.0. The summed E-state index contributed by atoms with van der Waals surface area (Å²) >= 11 is 0. The highest BCUT2D eigenvalue weighted by Gasteiger charge is 2.51. The van der Waals surface area contributed by atoms with Crippen LogP contribution in [-0.4, -0.2) is 88.8 Å². The Morgan fingerprint density at radius 1 is 1.05 bits per heavy atom. The standard InChI is InChI=1S/C31H35N5O6S/c1-40-25-14-19(30(37)36-13-12-34-11-6-21(36)18-34)15-26(41-2)28(25)43(38,39)33-29-23-17-31(7-8-31)24-5-4-20(35-9-3-10-35)16-22(24)27(23)42-32-29/h4-5,14-16,21H,3,6-13,17-18H2,1-2H3,(H,32,33)/t21-/m0/s1. The van der Waals surface area contributed by atoms with E-state index in [-0.39, 0.29) is 39.6 Å². The molecule has 8 rings (SSSR count). The molecule has 226 valence electrons. The molecule has 2 bridgehead atoms. The molecular formula is C31H35N5O6S. The van der Waals surface area contributed by atoms with E-state index in [1.165, 1.54) is 38.3 Å². The fourth-order valence-corrected chi connectivity index (χ4v) is 8.66. The van der Waals surface area contributed by atoms with Gasteiger partial charge >= 0.3 is 0 Å². The summed E-state index contributed by atoms with van der Waals surface area (Å²) in [5, 5.41) is 4.22. The van der Waals surface area contributed by atoms with Gasteiger partial charge in [0.1, 0.15) is 11.5 Å². The number of fused-ring (bicyclic) bond motifs is 6. The van der Waals surface area contributed by atoms with Crippen LogP contribution in [0.5, 0.6) is 11.5 Å². The Bertz CT molecular complexity index is 1720. The maximum absolute atomic E-state index is 14.0. The molecule has 3 saturated heterocycles. The van der Waals surface area contributed by atoms with Crippen molar-refractivity contribution in [2.75, 3.05) is 63.1 Å². The Morgan fingerprint density at radius 3 is 2.49 bits per heavy atom. The topological polar surface area (TPSA) is 117 Å². The van der Waals surface area contributed by atoms with Gasteiger partial charge < -0.3 is 23.8 Å². The minimum absolute atomic E-state index is 0.0241. The molecule has 11 nitrogen and oxygen atoms in total. The summed E-state index contributed by atoms with van der Waals surface area (Å²) in [5.74, 6) is 0.683. The van der Waals surface area contributed by atoms with Crippen molar-refractivity contribution in [3.8, 4) is 22.8 Å². The molecule has 5 aliphatic rings. The predicted octanol–water partition coefficient (Wildman–Crippen LogP) is 3.49. The van der Waals surface area contributed by atoms with Crippen LogP contribution in [0.4, 0.5) is 11.5 Å². The molecule has 4 fully saturated rings. The van der Waals surface area contributed by atoms with Crippen molar-refractivity contribution in [3.63, 3.8) is 0 Å². The molecule has 4 heterocycles. The molecule has 3 aromatic rings. The van der Waals surface area contributed by atoms with E-state index in [1.54, 1.807) is 0 Å². The zero-order valence-corrected chi connectivity index (χ0v) is 25.2. The van der Waals surface area contributed by atoms with Crippen molar-refractivity contribution >= 4 is 27.4 Å². The lowest BCUT2D eigenvalue weighted by atomic mass is 9.79. The lowest BCUT2D eigenvalue weighted by Gasteiger charge is -2.34. The lowest BCUT2D eigenvalue weighted by Crippen LogP contribution is -2.49. The molecule has 1 unspecified atom stereocenters. The molecule has 3 aliphatic heterocycles. The van der Waals surface area contributed by atoms with Crippen LogP contribution in [-0.2, 0) is 21.9 Å². The van der Waals surface area contributed by atoms with Gasteiger partial charge in [-0.2, -0.15) is 0 Å². The van der Waals surface area contributed by atoms with E-state index >= 15 is 0 Å². The van der Waals surface area contributed by atoms with Gasteiger partial charge in [-0.1, -0.05) is 11.2 Å². The van der Waals surface area contributed by atoms with Crippen LogP contribution in [0.25, 0.3) is 11.3 Å². The second-order valence-electron chi connectivity index (χ2n) is 12.4. The molecule has 1 spiro atoms. The quantitative estimate of drug-likeness (QED) is 0.432. The molecule has 1 saturated carbocycles. The van der Waals surface area contributed by atoms with Crippen molar-refractivity contribution < 1.29 is 27.2 Å². The molecule has 2 aliphatic carbocycles. The van der Waals surface area contributed by atoms with Crippen molar-refractivity contribution in [1.29, 1.82) is 0 Å². The van der Waals surface area contributed by atoms with Crippen LogP contribution in [0, 0.1) is 0 Å². The number of hydrogen-bond acceptors (Lipinski definition) is 9. The highest BCUT2D eigenvalue weighted by atomic mass is 32.2. The first kappa shape index (κ1) is 26.8. The number of piperazine rings is 1. The zero-order chi connectivity index (χ0) is 29.5. The van der Waals surface area contributed by atoms with Crippen molar-refractivity contribution in [1.82, 2.24) is 15.0 Å². The van der Waals surface area contributed by atoms with Crippen LogP contribution in [0.15, 0.2) is 39.8 Å². The van der Waals surface area contributed by atoms with E-state index in [1.807, 2.05) is 4.90 Å². The zero-order valence-electron chi connectivity index (χ0n) is 24.4. The monoisotopic (exact) mass is 605 g/mol. The number of benzene rings is 2. The fourth-order valence-electron chi connectivity index (χ4n) is 7.33. The smallest absolute Gasteiger partial charge is 0.270 e. The molecule has 43 heavy (non-hydrogen) atoms. The first-order chi connectivity index (χ1) is 20.8. The van der Waals surface area contributed by atoms with Crippen LogP contribution < -0.4 is 19.1 Å². The summed E-state index contributed by atoms with van der Waals surface area (Å²) in [5.41, 5.74) is 4.45. The Balaban J connectivity index is 1.13. The number of nitrogens with one attached hydrogen (secondary N) is 1. The van der Waals surface area contributed by atoms with Crippen LogP contribution >= 0.6 is 0 Å². The third-order valence-corrected chi connectivity index (χ3v) is 11.4. The van der Waals surface area contributed by atoms with Gasteiger partial charge in [0.25, 0.3) is 15.9 Å². The third kappa shape index (κ3) is 4.21. The summed E-state index contributed by atoms with van der Waals surface area (Å²) < 4.78 is 47.6. The summed E-state index contributed by atoms with van der Waals surface area (Å²) in [6.07, 6.45) is 4.83. The molecular weight excluding hydrogens is 570 g/mol. The Labute approximate surface area is 250 Å². The van der Waals surface area contributed by atoms with E-state index in [2.05, 4.69) is 37.9 Å². The van der Waals surface area contributed by atoms with Crippen molar-refractivity contribution in [3.05, 3.63) is 47.0 Å². The Morgan fingerprint density at radius 2 is 1.81 bits per heavy atom. The van der Waals surface area contributed by atoms with E-state index in [4.69, 9.17) is 14.0 Å². The average molecular weight is 606 g/mol. The van der Waals surface area contributed by atoms with E-state index in [0.29, 0.717) is 24.3 Å². The Kier molecular flexibility index (Phi) is 6.00. The highest BCUT2D eigenvalue weighted by Crippen LogP contribution is 2.59. The number of aromatic nitrogens is 1. The van der Waals surface area contributed by atoms with Gasteiger partial charge in [0.2, 0.25) is 0 Å². The number of sulfonamides is 1. The van der Waals surface area contributed by atoms with Crippen molar-refractivity contribution in [2.45, 2.75) is 48.5 Å². The molecule has 2 aromatic carbocycles. The molecule has 1 N–H and O–H groups in total. The second kappa shape index (κ2) is 9.62. The van der Waals surface area contributed by atoms with Gasteiger partial charge in [0.05, 0.1) is 14.2 Å².